The van der Waals surface area contributed by atoms with Gasteiger partial charge in [-0.05, 0) is 37.1 Å². The molecule has 1 aromatic carbocycles. The Labute approximate surface area is 137 Å². The van der Waals surface area contributed by atoms with Crippen molar-refractivity contribution >= 4 is 21.6 Å². The Balaban J connectivity index is 1.94. The lowest BCUT2D eigenvalue weighted by atomic mass is 10.2. The van der Waals surface area contributed by atoms with Gasteiger partial charge >= 0.3 is 6.03 Å². The van der Waals surface area contributed by atoms with Gasteiger partial charge in [0.05, 0.1) is 11.0 Å². The number of carbonyl (C=O) groups is 1. The van der Waals surface area contributed by atoms with E-state index < -0.39 is 9.92 Å². The molecule has 8 heteroatoms. The van der Waals surface area contributed by atoms with Crippen LogP contribution < -0.4 is 10.6 Å². The molecule has 2 rings (SSSR count). The summed E-state index contributed by atoms with van der Waals surface area (Å²) < 4.78 is 23.7. The topological polar surface area (TPSA) is 83.0 Å². The van der Waals surface area contributed by atoms with Gasteiger partial charge in [-0.15, -0.1) is 0 Å². The Morgan fingerprint density at radius 3 is 2.61 bits per heavy atom. The summed E-state index contributed by atoms with van der Waals surface area (Å²) in [6.07, 6.45) is 2.14. The monoisotopic (exact) mass is 340 g/mol. The Morgan fingerprint density at radius 2 is 2.09 bits per heavy atom. The molecule has 1 fully saturated rings. The highest BCUT2D eigenvalue weighted by Crippen LogP contribution is 2.18. The summed E-state index contributed by atoms with van der Waals surface area (Å²) in [6.45, 7) is 1.27. The zero-order valence-corrected chi connectivity index (χ0v) is 14.6. The molecule has 1 aliphatic rings. The van der Waals surface area contributed by atoms with Gasteiger partial charge in [-0.25, -0.2) is 17.7 Å². The molecule has 1 saturated heterocycles. The molecule has 2 amide bonds. The highest BCUT2D eigenvalue weighted by molar-refractivity contribution is 7.91. The standard InChI is InChI=1S/C15H24N4O3S/c1-16-23(21,19(2)3)14-8-6-12(7-9-14)18-15(20)17-11-13-5-4-10-22-13/h6-9,13H,4-5,10-11H2,1-3H3,(H2,17,18,20)/t13-,23?/m1/s1. The van der Waals surface area contributed by atoms with Crippen molar-refractivity contribution in [1.29, 1.82) is 0 Å². The largest absolute Gasteiger partial charge is 0.376 e. The Morgan fingerprint density at radius 1 is 1.39 bits per heavy atom. The molecule has 0 radical (unpaired) electrons. The van der Waals surface area contributed by atoms with Crippen LogP contribution in [0.25, 0.3) is 0 Å². The lowest BCUT2D eigenvalue weighted by Gasteiger charge is -2.17. The number of hydrogen-bond acceptors (Lipinski definition) is 4. The molecule has 0 saturated carbocycles. The zero-order chi connectivity index (χ0) is 16.9. The number of nitrogens with zero attached hydrogens (tertiary/aromatic N) is 2. The molecule has 0 aliphatic carbocycles. The SMILES string of the molecule is CN=S(=O)(c1ccc(NC(=O)NC[C@H]2CCCO2)cc1)N(C)C. The van der Waals surface area contributed by atoms with Crippen molar-refractivity contribution in [2.75, 3.05) is 39.6 Å². The summed E-state index contributed by atoms with van der Waals surface area (Å²) in [5.74, 6) is 0. The minimum atomic E-state index is -2.58. The van der Waals surface area contributed by atoms with Gasteiger partial charge in [0, 0.05) is 40.0 Å². The number of rotatable bonds is 5. The van der Waals surface area contributed by atoms with Gasteiger partial charge < -0.3 is 15.4 Å². The maximum Gasteiger partial charge on any atom is 0.319 e. The van der Waals surface area contributed by atoms with Crippen LogP contribution in [0.4, 0.5) is 10.5 Å². The normalized spacial score (nSPS) is 20.1. The van der Waals surface area contributed by atoms with Gasteiger partial charge in [-0.3, -0.25) is 0 Å². The van der Waals surface area contributed by atoms with E-state index in [-0.39, 0.29) is 12.1 Å². The maximum atomic E-state index is 12.7. The molecular formula is C15H24N4O3S. The van der Waals surface area contributed by atoms with Gasteiger partial charge in [-0.2, -0.15) is 0 Å². The molecule has 1 aromatic rings. The number of benzene rings is 1. The van der Waals surface area contributed by atoms with Crippen molar-refractivity contribution < 1.29 is 13.7 Å². The van der Waals surface area contributed by atoms with Crippen molar-refractivity contribution in [2.24, 2.45) is 4.36 Å². The third-order valence-electron chi connectivity index (χ3n) is 3.68. The molecule has 128 valence electrons. The summed E-state index contributed by atoms with van der Waals surface area (Å²) in [7, 11) is 2.40. The van der Waals surface area contributed by atoms with Crippen molar-refractivity contribution in [2.45, 2.75) is 23.8 Å². The molecule has 2 N–H and O–H groups in total. The van der Waals surface area contributed by atoms with Gasteiger partial charge in [0.25, 0.3) is 0 Å². The highest BCUT2D eigenvalue weighted by atomic mass is 32.2. The lowest BCUT2D eigenvalue weighted by Crippen LogP contribution is -2.35. The molecule has 0 aromatic heterocycles. The zero-order valence-electron chi connectivity index (χ0n) is 13.7. The van der Waals surface area contributed by atoms with Crippen molar-refractivity contribution in [1.82, 2.24) is 9.62 Å². The first-order valence-electron chi connectivity index (χ1n) is 7.55. The second-order valence-corrected chi connectivity index (χ2v) is 8.05. The minimum Gasteiger partial charge on any atom is -0.376 e. The quantitative estimate of drug-likeness (QED) is 0.859. The maximum absolute atomic E-state index is 12.7. The van der Waals surface area contributed by atoms with Crippen LogP contribution in [0.2, 0.25) is 0 Å². The Bertz CT molecular complexity index is 645. The van der Waals surface area contributed by atoms with E-state index in [4.69, 9.17) is 4.74 Å². The molecule has 23 heavy (non-hydrogen) atoms. The molecule has 2 atom stereocenters. The first kappa shape index (κ1) is 17.7. The van der Waals surface area contributed by atoms with Crippen molar-refractivity contribution in [3.63, 3.8) is 0 Å². The first-order valence-corrected chi connectivity index (χ1v) is 9.02. The second kappa shape index (κ2) is 7.76. The molecule has 7 nitrogen and oxygen atoms in total. The molecule has 0 spiro atoms. The molecule has 1 unspecified atom stereocenters. The van der Waals surface area contributed by atoms with E-state index >= 15 is 0 Å². The lowest BCUT2D eigenvalue weighted by molar-refractivity contribution is 0.112. The third-order valence-corrected chi connectivity index (χ3v) is 6.05. The van der Waals surface area contributed by atoms with Gasteiger partial charge in [0.2, 0.25) is 0 Å². The summed E-state index contributed by atoms with van der Waals surface area (Å²) in [4.78, 5) is 12.5. The number of carbonyl (C=O) groups excluding carboxylic acids is 1. The third kappa shape index (κ3) is 4.43. The van der Waals surface area contributed by atoms with Crippen LogP contribution >= 0.6 is 0 Å². The highest BCUT2D eigenvalue weighted by Gasteiger charge is 2.17. The fourth-order valence-corrected chi connectivity index (χ4v) is 3.83. The average molecular weight is 340 g/mol. The predicted octanol–water partition coefficient (Wildman–Crippen LogP) is 1.92. The summed E-state index contributed by atoms with van der Waals surface area (Å²) in [5, 5.41) is 5.54. The average Bonchev–Trinajstić information content (AvgIpc) is 3.06. The first-order chi connectivity index (χ1) is 11.0. The predicted molar refractivity (Wildman–Crippen MR) is 90.9 cm³/mol. The van der Waals surface area contributed by atoms with E-state index in [0.29, 0.717) is 17.1 Å². The van der Waals surface area contributed by atoms with E-state index in [0.717, 1.165) is 19.4 Å². The van der Waals surface area contributed by atoms with E-state index in [1.807, 2.05) is 0 Å². The fraction of sp³-hybridized carbons (Fsp3) is 0.533. The summed E-state index contributed by atoms with van der Waals surface area (Å²) in [6, 6.07) is 6.59. The van der Waals surface area contributed by atoms with Gasteiger partial charge in [0.1, 0.15) is 9.92 Å². The smallest absolute Gasteiger partial charge is 0.319 e. The van der Waals surface area contributed by atoms with E-state index in [1.54, 1.807) is 42.7 Å². The van der Waals surface area contributed by atoms with Crippen LogP contribution in [0, 0.1) is 0 Å². The Hall–Kier alpha value is -1.64. The number of anilines is 1. The van der Waals surface area contributed by atoms with Gasteiger partial charge in [0.15, 0.2) is 0 Å². The van der Waals surface area contributed by atoms with Crippen LogP contribution in [0.3, 0.4) is 0 Å². The second-order valence-electron chi connectivity index (χ2n) is 5.49. The van der Waals surface area contributed by atoms with Gasteiger partial charge in [-0.1, -0.05) is 0 Å². The van der Waals surface area contributed by atoms with Crippen LogP contribution in [-0.2, 0) is 14.7 Å². The number of amides is 2. The number of urea groups is 1. The number of nitrogens with one attached hydrogen (secondary N) is 2. The van der Waals surface area contributed by atoms with Crippen LogP contribution in [0.1, 0.15) is 12.8 Å². The van der Waals surface area contributed by atoms with Crippen LogP contribution in [0.15, 0.2) is 33.5 Å². The van der Waals surface area contributed by atoms with Crippen LogP contribution in [0.5, 0.6) is 0 Å². The Kier molecular flexibility index (Phi) is 5.97. The van der Waals surface area contributed by atoms with Crippen molar-refractivity contribution in [3.8, 4) is 0 Å². The molecule has 1 heterocycles. The summed E-state index contributed by atoms with van der Waals surface area (Å²) >= 11 is 0. The fourth-order valence-electron chi connectivity index (χ4n) is 2.38. The molecule has 0 bridgehead atoms. The van der Waals surface area contributed by atoms with E-state index in [9.17, 15) is 9.00 Å². The number of ether oxygens (including phenoxy) is 1. The van der Waals surface area contributed by atoms with Crippen molar-refractivity contribution in [3.05, 3.63) is 24.3 Å². The van der Waals surface area contributed by atoms with Crippen LogP contribution in [-0.4, -0.2) is 54.9 Å². The van der Waals surface area contributed by atoms with E-state index in [2.05, 4.69) is 15.0 Å². The van der Waals surface area contributed by atoms with E-state index in [1.165, 1.54) is 7.05 Å². The number of hydrogen-bond donors (Lipinski definition) is 2. The molecular weight excluding hydrogens is 316 g/mol. The minimum absolute atomic E-state index is 0.110. The molecule has 1 aliphatic heterocycles. The summed E-state index contributed by atoms with van der Waals surface area (Å²) in [5.41, 5.74) is 0.634.